The van der Waals surface area contributed by atoms with Crippen LogP contribution >= 0.6 is 0 Å². The number of benzene rings is 3. The van der Waals surface area contributed by atoms with Crippen molar-refractivity contribution >= 4 is 5.78 Å². The van der Waals surface area contributed by atoms with Gasteiger partial charge in [0.25, 0.3) is 0 Å². The van der Waals surface area contributed by atoms with Crippen molar-refractivity contribution in [2.45, 2.75) is 18.9 Å². The Morgan fingerprint density at radius 3 is 2.17 bits per heavy atom. The van der Waals surface area contributed by atoms with E-state index < -0.39 is 0 Å². The molecule has 146 valence electrons. The van der Waals surface area contributed by atoms with Gasteiger partial charge in [0.1, 0.15) is 23.0 Å². The normalized spacial score (nSPS) is 19.3. The Balaban J connectivity index is 1.47. The van der Waals surface area contributed by atoms with Crippen molar-refractivity contribution in [3.8, 4) is 17.2 Å². The molecule has 0 spiro atoms. The Morgan fingerprint density at radius 1 is 0.897 bits per heavy atom. The molecule has 5 rings (SSSR count). The lowest BCUT2D eigenvalue weighted by Crippen LogP contribution is -2.43. The lowest BCUT2D eigenvalue weighted by atomic mass is 9.74. The molecule has 29 heavy (non-hydrogen) atoms. The average molecular weight is 385 g/mol. The van der Waals surface area contributed by atoms with Gasteiger partial charge in [0.2, 0.25) is 0 Å². The molecule has 0 saturated carbocycles. The summed E-state index contributed by atoms with van der Waals surface area (Å²) in [6.45, 7) is 2.26. The van der Waals surface area contributed by atoms with Gasteiger partial charge in [0.05, 0.1) is 0 Å². The predicted molar refractivity (Wildman–Crippen MR) is 111 cm³/mol. The number of piperidine rings is 1. The lowest BCUT2D eigenvalue weighted by molar-refractivity contribution is -0.127. The number of Topliss-reactive ketones (excluding diaryl/α,β-unsaturated/α-hetero) is 1. The van der Waals surface area contributed by atoms with Gasteiger partial charge in [0, 0.05) is 49.0 Å². The molecule has 2 aliphatic rings. The minimum atomic E-state index is -0.105. The summed E-state index contributed by atoms with van der Waals surface area (Å²) in [6, 6.07) is 23.5. The van der Waals surface area contributed by atoms with Crippen molar-refractivity contribution in [3.63, 3.8) is 0 Å². The van der Waals surface area contributed by atoms with E-state index in [4.69, 9.17) is 4.74 Å². The first kappa shape index (κ1) is 18.0. The first-order valence-electron chi connectivity index (χ1n) is 10.1. The second-order valence-electron chi connectivity index (χ2n) is 7.88. The number of rotatable bonds is 3. The highest BCUT2D eigenvalue weighted by atomic mass is 16.5. The fourth-order valence-electron chi connectivity index (χ4n) is 4.60. The number of nitrogens with zero attached hydrogens (tertiary/aromatic N) is 1. The Bertz CT molecular complexity index is 998. The zero-order valence-corrected chi connectivity index (χ0v) is 16.1. The first-order chi connectivity index (χ1) is 14.2. The van der Waals surface area contributed by atoms with Gasteiger partial charge < -0.3 is 9.84 Å². The van der Waals surface area contributed by atoms with Crippen molar-refractivity contribution in [2.24, 2.45) is 5.92 Å². The van der Waals surface area contributed by atoms with E-state index in [2.05, 4.69) is 17.0 Å². The summed E-state index contributed by atoms with van der Waals surface area (Å²) in [5, 5.41) is 9.53. The quantitative estimate of drug-likeness (QED) is 0.709. The molecule has 2 heterocycles. The SMILES string of the molecule is O=C1CCN(Cc2ccc(O)cc2)CC1C1c2ccccc2Oc2ccccc21. The van der Waals surface area contributed by atoms with Crippen molar-refractivity contribution in [2.75, 3.05) is 13.1 Å². The maximum Gasteiger partial charge on any atom is 0.139 e. The summed E-state index contributed by atoms with van der Waals surface area (Å²) >= 11 is 0. The second kappa shape index (κ2) is 7.37. The molecule has 3 aromatic rings. The van der Waals surface area contributed by atoms with Crippen LogP contribution in [0, 0.1) is 5.92 Å². The Morgan fingerprint density at radius 2 is 1.52 bits per heavy atom. The van der Waals surface area contributed by atoms with Gasteiger partial charge in [-0.25, -0.2) is 0 Å². The number of aromatic hydroxyl groups is 1. The van der Waals surface area contributed by atoms with E-state index in [0.717, 1.165) is 41.3 Å². The summed E-state index contributed by atoms with van der Waals surface area (Å²) in [6.07, 6.45) is 0.560. The molecule has 3 aromatic carbocycles. The molecule has 1 unspecified atom stereocenters. The standard InChI is InChI=1S/C25H23NO3/c27-18-11-9-17(10-12-18)15-26-14-13-22(28)21(16-26)25-19-5-1-3-7-23(19)29-24-8-4-2-6-20(24)25/h1-12,21,25,27H,13-16H2. The molecule has 0 aromatic heterocycles. The summed E-state index contributed by atoms with van der Waals surface area (Å²) < 4.78 is 6.12. The summed E-state index contributed by atoms with van der Waals surface area (Å²) in [5.41, 5.74) is 3.33. The number of phenolic OH excluding ortho intramolecular Hbond substituents is 1. The molecule has 1 fully saturated rings. The van der Waals surface area contributed by atoms with Gasteiger partial charge in [0.15, 0.2) is 0 Å². The smallest absolute Gasteiger partial charge is 0.139 e. The van der Waals surface area contributed by atoms with Crippen LogP contribution in [0.1, 0.15) is 29.0 Å². The van der Waals surface area contributed by atoms with Crippen LogP contribution in [0.2, 0.25) is 0 Å². The molecule has 1 N–H and O–H groups in total. The zero-order chi connectivity index (χ0) is 19.8. The van der Waals surface area contributed by atoms with E-state index >= 15 is 0 Å². The minimum absolute atomic E-state index is 0.00580. The Labute approximate surface area is 170 Å². The first-order valence-corrected chi connectivity index (χ1v) is 10.1. The van der Waals surface area contributed by atoms with E-state index in [-0.39, 0.29) is 17.6 Å². The predicted octanol–water partition coefficient (Wildman–Crippen LogP) is 4.72. The third kappa shape index (κ3) is 3.40. The van der Waals surface area contributed by atoms with E-state index in [0.29, 0.717) is 18.7 Å². The van der Waals surface area contributed by atoms with E-state index in [1.165, 1.54) is 0 Å². The number of likely N-dealkylation sites (tertiary alicyclic amines) is 1. The maximum atomic E-state index is 13.1. The number of phenols is 1. The maximum absolute atomic E-state index is 13.1. The fraction of sp³-hybridized carbons (Fsp3) is 0.240. The number of hydrogen-bond acceptors (Lipinski definition) is 4. The number of carbonyl (C=O) groups is 1. The van der Waals surface area contributed by atoms with E-state index in [9.17, 15) is 9.90 Å². The number of para-hydroxylation sites is 2. The molecular formula is C25H23NO3. The highest BCUT2D eigenvalue weighted by molar-refractivity contribution is 5.84. The average Bonchev–Trinajstić information content (AvgIpc) is 2.75. The molecule has 4 nitrogen and oxygen atoms in total. The zero-order valence-electron chi connectivity index (χ0n) is 16.1. The molecule has 0 aliphatic carbocycles. The number of carbonyl (C=O) groups excluding carboxylic acids is 1. The molecule has 0 amide bonds. The number of ketones is 1. The second-order valence-corrected chi connectivity index (χ2v) is 7.88. The van der Waals surface area contributed by atoms with Crippen LogP contribution in [-0.2, 0) is 11.3 Å². The van der Waals surface area contributed by atoms with Crippen LogP contribution in [0.15, 0.2) is 72.8 Å². The number of hydrogen-bond donors (Lipinski definition) is 1. The van der Waals surface area contributed by atoms with Crippen LogP contribution in [0.25, 0.3) is 0 Å². The van der Waals surface area contributed by atoms with Gasteiger partial charge in [-0.3, -0.25) is 9.69 Å². The van der Waals surface area contributed by atoms with Crippen molar-refractivity contribution < 1.29 is 14.6 Å². The van der Waals surface area contributed by atoms with Gasteiger partial charge >= 0.3 is 0 Å². The highest BCUT2D eigenvalue weighted by Crippen LogP contribution is 2.48. The van der Waals surface area contributed by atoms with Crippen LogP contribution in [0.5, 0.6) is 17.2 Å². The Hall–Kier alpha value is -3.11. The third-order valence-corrected chi connectivity index (χ3v) is 6.02. The van der Waals surface area contributed by atoms with Crippen LogP contribution in [0.3, 0.4) is 0 Å². The van der Waals surface area contributed by atoms with Crippen molar-refractivity contribution in [1.29, 1.82) is 0 Å². The number of ether oxygens (including phenoxy) is 1. The summed E-state index contributed by atoms with van der Waals surface area (Å²) in [5.74, 6) is 2.19. The van der Waals surface area contributed by atoms with Crippen LogP contribution < -0.4 is 4.74 Å². The molecule has 1 saturated heterocycles. The number of fused-ring (bicyclic) bond motifs is 2. The van der Waals surface area contributed by atoms with Gasteiger partial charge in [-0.15, -0.1) is 0 Å². The molecule has 2 aliphatic heterocycles. The minimum Gasteiger partial charge on any atom is -0.508 e. The fourth-order valence-corrected chi connectivity index (χ4v) is 4.60. The molecule has 1 atom stereocenters. The summed E-state index contributed by atoms with van der Waals surface area (Å²) in [7, 11) is 0. The van der Waals surface area contributed by atoms with Crippen molar-refractivity contribution in [3.05, 3.63) is 89.5 Å². The molecule has 0 bridgehead atoms. The van der Waals surface area contributed by atoms with Crippen molar-refractivity contribution in [1.82, 2.24) is 4.90 Å². The van der Waals surface area contributed by atoms with Gasteiger partial charge in [-0.05, 0) is 29.8 Å². The highest BCUT2D eigenvalue weighted by Gasteiger charge is 2.39. The topological polar surface area (TPSA) is 49.8 Å². The van der Waals surface area contributed by atoms with E-state index in [1.807, 2.05) is 48.5 Å². The monoisotopic (exact) mass is 385 g/mol. The van der Waals surface area contributed by atoms with E-state index in [1.54, 1.807) is 12.1 Å². The lowest BCUT2D eigenvalue weighted by Gasteiger charge is -2.39. The van der Waals surface area contributed by atoms with Gasteiger partial charge in [-0.1, -0.05) is 48.5 Å². The largest absolute Gasteiger partial charge is 0.508 e. The van der Waals surface area contributed by atoms with Crippen LogP contribution in [0.4, 0.5) is 0 Å². The summed E-state index contributed by atoms with van der Waals surface area (Å²) in [4.78, 5) is 15.4. The molecular weight excluding hydrogens is 362 g/mol. The molecule has 0 radical (unpaired) electrons. The molecule has 4 heteroatoms. The Kier molecular flexibility index (Phi) is 4.57. The van der Waals surface area contributed by atoms with Crippen LogP contribution in [-0.4, -0.2) is 28.9 Å². The third-order valence-electron chi connectivity index (χ3n) is 6.02. The van der Waals surface area contributed by atoms with Gasteiger partial charge in [-0.2, -0.15) is 0 Å².